The smallest absolute Gasteiger partial charge is 0.306 e. The Kier molecular flexibility index (Phi) is 50.4. The van der Waals surface area contributed by atoms with Crippen molar-refractivity contribution in [2.24, 2.45) is 0 Å². The zero-order valence-electron chi connectivity index (χ0n) is 41.1. The van der Waals surface area contributed by atoms with Gasteiger partial charge in [-0.05, 0) is 103 Å². The Morgan fingerprint density at radius 3 is 1.23 bits per heavy atom. The summed E-state index contributed by atoms with van der Waals surface area (Å²) in [4.78, 5) is 25.4. The maximum absolute atomic E-state index is 12.8. The minimum atomic E-state index is -0.553. The maximum Gasteiger partial charge on any atom is 0.306 e. The lowest BCUT2D eigenvalue weighted by Gasteiger charge is -2.18. The molecule has 0 aliphatic heterocycles. The van der Waals surface area contributed by atoms with Crippen molar-refractivity contribution in [3.8, 4) is 0 Å². The van der Waals surface area contributed by atoms with E-state index in [1.165, 1.54) is 122 Å². The molecule has 0 aliphatic carbocycles. The van der Waals surface area contributed by atoms with Crippen molar-refractivity contribution < 1.29 is 23.8 Å². The van der Waals surface area contributed by atoms with Crippen LogP contribution in [-0.2, 0) is 23.8 Å². The Balaban J connectivity index is 4.27. The Labute approximate surface area is 385 Å². The number of allylic oxidation sites excluding steroid dienone is 12. The summed E-state index contributed by atoms with van der Waals surface area (Å²) in [6, 6.07) is 0. The average Bonchev–Trinajstić information content (AvgIpc) is 3.27. The fourth-order valence-electron chi connectivity index (χ4n) is 7.24. The van der Waals surface area contributed by atoms with Crippen LogP contribution in [0.5, 0.6) is 0 Å². The lowest BCUT2D eigenvalue weighted by molar-refractivity contribution is -0.163. The average molecular weight is 865 g/mol. The second-order valence-electron chi connectivity index (χ2n) is 17.4. The Morgan fingerprint density at radius 2 is 0.742 bits per heavy atom. The van der Waals surface area contributed by atoms with E-state index in [0.717, 1.165) is 96.3 Å². The van der Waals surface area contributed by atoms with Crippen LogP contribution < -0.4 is 0 Å². The van der Waals surface area contributed by atoms with Gasteiger partial charge in [-0.1, -0.05) is 209 Å². The molecule has 358 valence electrons. The van der Waals surface area contributed by atoms with Gasteiger partial charge < -0.3 is 14.2 Å². The normalized spacial score (nSPS) is 12.8. The van der Waals surface area contributed by atoms with E-state index in [1.54, 1.807) is 0 Å². The highest BCUT2D eigenvalue weighted by atomic mass is 16.6. The van der Waals surface area contributed by atoms with E-state index in [9.17, 15) is 9.59 Å². The first-order valence-electron chi connectivity index (χ1n) is 26.5. The number of hydrogen-bond donors (Lipinski definition) is 0. The second-order valence-corrected chi connectivity index (χ2v) is 17.4. The summed E-state index contributed by atoms with van der Waals surface area (Å²) >= 11 is 0. The summed E-state index contributed by atoms with van der Waals surface area (Å²) in [6.45, 7) is 7.65. The summed E-state index contributed by atoms with van der Waals surface area (Å²) in [7, 11) is 0. The van der Waals surface area contributed by atoms with Crippen LogP contribution >= 0.6 is 0 Å². The molecule has 0 aromatic rings. The number of esters is 2. The van der Waals surface area contributed by atoms with Crippen molar-refractivity contribution >= 4 is 11.9 Å². The molecule has 5 heteroatoms. The molecule has 1 unspecified atom stereocenters. The van der Waals surface area contributed by atoms with E-state index in [4.69, 9.17) is 14.2 Å². The summed E-state index contributed by atoms with van der Waals surface area (Å²) in [5, 5.41) is 0. The second kappa shape index (κ2) is 52.7. The van der Waals surface area contributed by atoms with Crippen molar-refractivity contribution in [3.63, 3.8) is 0 Å². The first kappa shape index (κ1) is 59.3. The highest BCUT2D eigenvalue weighted by Crippen LogP contribution is 2.14. The zero-order valence-corrected chi connectivity index (χ0v) is 41.1. The Morgan fingerprint density at radius 1 is 0.371 bits per heavy atom. The predicted molar refractivity (Wildman–Crippen MR) is 270 cm³/mol. The molecule has 0 aliphatic rings. The predicted octanol–water partition coefficient (Wildman–Crippen LogP) is 17.9. The molecule has 0 bridgehead atoms. The SMILES string of the molecule is CC/C=C\C/C=C\C/C=C\C/C=C\CCCCCCC(=O)OCC(COCCCCCCCCCC/C=C\CCCCCCCC)OC(=O)CCCCCCC/C=C\CCCC. The van der Waals surface area contributed by atoms with E-state index >= 15 is 0 Å². The van der Waals surface area contributed by atoms with Crippen molar-refractivity contribution in [2.45, 2.75) is 258 Å². The molecule has 0 saturated carbocycles. The van der Waals surface area contributed by atoms with E-state index in [2.05, 4.69) is 93.7 Å². The molecule has 0 aromatic heterocycles. The summed E-state index contributed by atoms with van der Waals surface area (Å²) in [5.41, 5.74) is 0. The van der Waals surface area contributed by atoms with Gasteiger partial charge in [-0.25, -0.2) is 0 Å². The maximum atomic E-state index is 12.8. The number of ether oxygens (including phenoxy) is 3. The van der Waals surface area contributed by atoms with Crippen molar-refractivity contribution in [1.29, 1.82) is 0 Å². The van der Waals surface area contributed by atoms with E-state index in [-0.39, 0.29) is 25.2 Å². The molecule has 5 nitrogen and oxygen atoms in total. The van der Waals surface area contributed by atoms with Gasteiger partial charge in [0, 0.05) is 19.4 Å². The topological polar surface area (TPSA) is 61.8 Å². The molecule has 0 aromatic carbocycles. The molecular weight excluding hydrogens is 765 g/mol. The van der Waals surface area contributed by atoms with Crippen molar-refractivity contribution in [2.75, 3.05) is 19.8 Å². The number of carbonyl (C=O) groups is 2. The van der Waals surface area contributed by atoms with Gasteiger partial charge >= 0.3 is 11.9 Å². The molecule has 0 N–H and O–H groups in total. The van der Waals surface area contributed by atoms with Crippen molar-refractivity contribution in [3.05, 3.63) is 72.9 Å². The molecular formula is C57H100O5. The molecule has 0 saturated heterocycles. The van der Waals surface area contributed by atoms with Gasteiger partial charge in [0.2, 0.25) is 0 Å². The molecule has 1 atom stereocenters. The molecule has 62 heavy (non-hydrogen) atoms. The zero-order chi connectivity index (χ0) is 44.9. The van der Waals surface area contributed by atoms with Crippen LogP contribution in [0.4, 0.5) is 0 Å². The summed E-state index contributed by atoms with van der Waals surface area (Å²) < 4.78 is 17.4. The van der Waals surface area contributed by atoms with E-state index in [0.29, 0.717) is 19.4 Å². The molecule has 0 radical (unpaired) electrons. The van der Waals surface area contributed by atoms with Gasteiger partial charge in [-0.15, -0.1) is 0 Å². The number of hydrogen-bond acceptors (Lipinski definition) is 5. The summed E-state index contributed by atoms with van der Waals surface area (Å²) in [5.74, 6) is -0.434. The van der Waals surface area contributed by atoms with Gasteiger partial charge in [-0.3, -0.25) is 9.59 Å². The summed E-state index contributed by atoms with van der Waals surface area (Å²) in [6.07, 6.45) is 67.7. The Bertz CT molecular complexity index is 1110. The van der Waals surface area contributed by atoms with Crippen LogP contribution in [0.15, 0.2) is 72.9 Å². The monoisotopic (exact) mass is 865 g/mol. The number of unbranched alkanes of at least 4 members (excludes halogenated alkanes) is 25. The van der Waals surface area contributed by atoms with Gasteiger partial charge in [0.1, 0.15) is 6.61 Å². The van der Waals surface area contributed by atoms with Crippen LogP contribution in [0.2, 0.25) is 0 Å². The minimum absolute atomic E-state index is 0.0666. The molecule has 0 spiro atoms. The standard InChI is InChI=1S/C57H100O5/c1-4-7-10-13-16-19-22-24-26-28-30-32-34-37-40-43-46-49-52-60-53-55(62-57(59)51-48-45-42-39-35-21-18-15-12-9-6-3)54-61-56(58)50-47-44-41-38-36-33-31-29-27-25-23-20-17-14-11-8-5-2/h8,11,15,17-18,20,24-27,31,33,55H,4-7,9-10,12-14,16,19,21-23,28-30,32,34-54H2,1-3H3/b11-8-,18-15-,20-17-,26-24-,27-25-,33-31-. The first-order valence-corrected chi connectivity index (χ1v) is 26.5. The molecule has 0 amide bonds. The third-order valence-corrected chi connectivity index (χ3v) is 11.2. The van der Waals surface area contributed by atoms with Gasteiger partial charge in [0.05, 0.1) is 6.61 Å². The van der Waals surface area contributed by atoms with Gasteiger partial charge in [0.25, 0.3) is 0 Å². The minimum Gasteiger partial charge on any atom is -0.462 e. The van der Waals surface area contributed by atoms with Crippen LogP contribution in [0, 0.1) is 0 Å². The quantitative estimate of drug-likeness (QED) is 0.0346. The van der Waals surface area contributed by atoms with Crippen LogP contribution in [0.3, 0.4) is 0 Å². The molecule has 0 heterocycles. The highest BCUT2D eigenvalue weighted by molar-refractivity contribution is 5.70. The fraction of sp³-hybridized carbons (Fsp3) is 0.754. The fourth-order valence-corrected chi connectivity index (χ4v) is 7.24. The molecule has 0 rings (SSSR count). The lowest BCUT2D eigenvalue weighted by atomic mass is 10.1. The number of rotatable bonds is 48. The van der Waals surface area contributed by atoms with Crippen LogP contribution in [-0.4, -0.2) is 37.9 Å². The van der Waals surface area contributed by atoms with Crippen molar-refractivity contribution in [1.82, 2.24) is 0 Å². The Hall–Kier alpha value is -2.66. The van der Waals surface area contributed by atoms with E-state index in [1.807, 2.05) is 0 Å². The largest absolute Gasteiger partial charge is 0.462 e. The third-order valence-electron chi connectivity index (χ3n) is 11.2. The lowest BCUT2D eigenvalue weighted by Crippen LogP contribution is -2.30. The van der Waals surface area contributed by atoms with Gasteiger partial charge in [-0.2, -0.15) is 0 Å². The van der Waals surface area contributed by atoms with Crippen LogP contribution in [0.25, 0.3) is 0 Å². The highest BCUT2D eigenvalue weighted by Gasteiger charge is 2.17. The third kappa shape index (κ3) is 50.0. The molecule has 0 fully saturated rings. The number of carbonyl (C=O) groups excluding carboxylic acids is 2. The van der Waals surface area contributed by atoms with Gasteiger partial charge in [0.15, 0.2) is 6.10 Å². The van der Waals surface area contributed by atoms with Crippen LogP contribution in [0.1, 0.15) is 252 Å². The van der Waals surface area contributed by atoms with E-state index < -0.39 is 6.10 Å². The first-order chi connectivity index (χ1) is 30.6.